The monoisotopic (exact) mass is 514 g/mol. The predicted molar refractivity (Wildman–Crippen MR) is 150 cm³/mol. The Morgan fingerprint density at radius 1 is 0.789 bits per heavy atom. The molecule has 2 aliphatic heterocycles. The maximum atomic E-state index is 13.2. The lowest BCUT2D eigenvalue weighted by Crippen LogP contribution is -2.26. The van der Waals surface area contributed by atoms with E-state index in [1.165, 1.54) is 0 Å². The van der Waals surface area contributed by atoms with Gasteiger partial charge in [-0.25, -0.2) is 0 Å². The standard InChI is InChI=1S/C31H34N2O5/c1-37-17-15-32-13-11-21(23-7-3-5-9-27(23)32)19-25-29(34)26(31(36)30(25)35)20-22-12-14-33(16-18-38-2)28-10-6-4-8-24(22)28/h3-14,19-20,25-26,29-30,34-35H,15-18H2,1-2H3. The van der Waals surface area contributed by atoms with Gasteiger partial charge in [0.05, 0.1) is 25.2 Å². The fourth-order valence-electron chi connectivity index (χ4n) is 5.43. The van der Waals surface area contributed by atoms with E-state index in [1.807, 2.05) is 79.2 Å². The first-order chi connectivity index (χ1) is 18.5. The number of anilines is 2. The second kappa shape index (κ2) is 11.5. The number of aliphatic hydroxyl groups excluding tert-OH is 2. The van der Waals surface area contributed by atoms with Crippen LogP contribution in [-0.4, -0.2) is 68.7 Å². The molecule has 1 aliphatic carbocycles. The molecule has 4 unspecified atom stereocenters. The number of allylic oxidation sites excluding steroid dienone is 4. The van der Waals surface area contributed by atoms with Crippen LogP contribution in [-0.2, 0) is 14.3 Å². The number of ether oxygens (including phenoxy) is 2. The van der Waals surface area contributed by atoms with Crippen molar-refractivity contribution in [3.05, 3.63) is 96.4 Å². The van der Waals surface area contributed by atoms with Crippen molar-refractivity contribution in [3.8, 4) is 0 Å². The molecule has 0 aromatic heterocycles. The number of methoxy groups -OCH3 is 2. The van der Waals surface area contributed by atoms with E-state index in [-0.39, 0.29) is 5.78 Å². The molecule has 2 aromatic rings. The molecule has 2 heterocycles. The zero-order valence-corrected chi connectivity index (χ0v) is 21.7. The number of carbonyl (C=O) groups is 1. The third-order valence-corrected chi connectivity index (χ3v) is 7.47. The Balaban J connectivity index is 1.43. The van der Waals surface area contributed by atoms with Crippen molar-refractivity contribution in [2.75, 3.05) is 50.3 Å². The molecular formula is C31H34N2O5. The molecule has 1 saturated carbocycles. The van der Waals surface area contributed by atoms with E-state index in [4.69, 9.17) is 9.47 Å². The number of nitrogens with zero attached hydrogens (tertiary/aromatic N) is 2. The third kappa shape index (κ3) is 4.98. The summed E-state index contributed by atoms with van der Waals surface area (Å²) in [6, 6.07) is 15.9. The van der Waals surface area contributed by atoms with Crippen LogP contribution in [0.2, 0.25) is 0 Å². The third-order valence-electron chi connectivity index (χ3n) is 7.47. The van der Waals surface area contributed by atoms with Crippen LogP contribution < -0.4 is 9.80 Å². The summed E-state index contributed by atoms with van der Waals surface area (Å²) in [6.45, 7) is 2.58. The fraction of sp³-hybridized carbons (Fsp3) is 0.323. The number of benzene rings is 2. The molecule has 38 heavy (non-hydrogen) atoms. The van der Waals surface area contributed by atoms with Crippen LogP contribution in [0.1, 0.15) is 11.1 Å². The van der Waals surface area contributed by atoms with Crippen LogP contribution in [0.4, 0.5) is 11.4 Å². The maximum Gasteiger partial charge on any atom is 0.171 e. The number of hydrogen-bond acceptors (Lipinski definition) is 7. The average Bonchev–Trinajstić information content (AvgIpc) is 3.14. The van der Waals surface area contributed by atoms with Gasteiger partial charge in [-0.05, 0) is 35.4 Å². The van der Waals surface area contributed by atoms with E-state index < -0.39 is 24.0 Å². The number of hydrogen-bond donors (Lipinski definition) is 2. The number of carbonyl (C=O) groups excluding carboxylic acids is 1. The van der Waals surface area contributed by atoms with E-state index in [9.17, 15) is 15.0 Å². The first-order valence-electron chi connectivity index (χ1n) is 12.9. The van der Waals surface area contributed by atoms with Gasteiger partial charge in [0.1, 0.15) is 6.10 Å². The molecule has 2 aromatic carbocycles. The number of Topliss-reactive ketones (excluding diaryl/α,β-unsaturated/α-hetero) is 1. The molecule has 7 heteroatoms. The number of rotatable bonds is 8. The van der Waals surface area contributed by atoms with Gasteiger partial charge in [0, 0.05) is 68.1 Å². The van der Waals surface area contributed by atoms with Gasteiger partial charge in [0.15, 0.2) is 5.78 Å². The first kappa shape index (κ1) is 26.1. The molecule has 7 nitrogen and oxygen atoms in total. The van der Waals surface area contributed by atoms with Crippen LogP contribution >= 0.6 is 0 Å². The fourth-order valence-corrected chi connectivity index (χ4v) is 5.43. The minimum absolute atomic E-state index is 0.366. The Bertz CT molecular complexity index is 1300. The summed E-state index contributed by atoms with van der Waals surface area (Å²) >= 11 is 0. The molecule has 2 N–H and O–H groups in total. The van der Waals surface area contributed by atoms with E-state index in [0.717, 1.165) is 33.6 Å². The van der Waals surface area contributed by atoms with Gasteiger partial charge < -0.3 is 29.5 Å². The molecule has 198 valence electrons. The molecule has 0 bridgehead atoms. The van der Waals surface area contributed by atoms with Crippen LogP contribution in [0, 0.1) is 11.8 Å². The van der Waals surface area contributed by atoms with Crippen molar-refractivity contribution in [3.63, 3.8) is 0 Å². The quantitative estimate of drug-likeness (QED) is 0.557. The second-order valence-electron chi connectivity index (χ2n) is 9.72. The van der Waals surface area contributed by atoms with Gasteiger partial charge in [-0.1, -0.05) is 48.6 Å². The molecule has 0 radical (unpaired) electrons. The molecule has 5 rings (SSSR count). The zero-order chi connectivity index (χ0) is 26.6. The topological polar surface area (TPSA) is 82.5 Å². The second-order valence-corrected chi connectivity index (χ2v) is 9.72. The van der Waals surface area contributed by atoms with Crippen LogP contribution in [0.3, 0.4) is 0 Å². The minimum atomic E-state index is -1.28. The molecule has 1 fully saturated rings. The molecule has 0 spiro atoms. The summed E-state index contributed by atoms with van der Waals surface area (Å²) in [5.41, 5.74) is 5.72. The highest BCUT2D eigenvalue weighted by Gasteiger charge is 2.47. The van der Waals surface area contributed by atoms with E-state index in [0.29, 0.717) is 26.3 Å². The molecule has 3 aliphatic rings. The summed E-state index contributed by atoms with van der Waals surface area (Å²) in [7, 11) is 3.35. The smallest absolute Gasteiger partial charge is 0.171 e. The summed E-state index contributed by atoms with van der Waals surface area (Å²) in [5, 5.41) is 22.2. The first-order valence-corrected chi connectivity index (χ1v) is 12.9. The van der Waals surface area contributed by atoms with Crippen molar-refractivity contribution in [2.45, 2.75) is 12.2 Å². The maximum absolute atomic E-state index is 13.2. The van der Waals surface area contributed by atoms with Gasteiger partial charge in [-0.3, -0.25) is 4.79 Å². The Kier molecular flexibility index (Phi) is 7.90. The van der Waals surface area contributed by atoms with E-state index in [2.05, 4.69) is 9.80 Å². The van der Waals surface area contributed by atoms with Gasteiger partial charge >= 0.3 is 0 Å². The molecular weight excluding hydrogens is 480 g/mol. The SMILES string of the molecule is COCCN1C=CC(=CC2C(=O)C(O)C(C=C3C=CN(CCOC)c4ccccc43)C2O)c2ccccc21. The Morgan fingerprint density at radius 2 is 1.29 bits per heavy atom. The Labute approximate surface area is 223 Å². The molecule has 4 atom stereocenters. The van der Waals surface area contributed by atoms with Crippen molar-refractivity contribution < 1.29 is 24.5 Å². The van der Waals surface area contributed by atoms with Gasteiger partial charge in [-0.15, -0.1) is 0 Å². The zero-order valence-electron chi connectivity index (χ0n) is 21.7. The van der Waals surface area contributed by atoms with Crippen molar-refractivity contribution in [2.24, 2.45) is 11.8 Å². The summed E-state index contributed by atoms with van der Waals surface area (Å²) in [4.78, 5) is 17.4. The minimum Gasteiger partial charge on any atom is -0.391 e. The largest absolute Gasteiger partial charge is 0.391 e. The Hall–Kier alpha value is -3.49. The van der Waals surface area contributed by atoms with E-state index in [1.54, 1.807) is 20.3 Å². The highest BCUT2D eigenvalue weighted by atomic mass is 16.5. The van der Waals surface area contributed by atoms with E-state index >= 15 is 0 Å². The highest BCUT2D eigenvalue weighted by Crippen LogP contribution is 2.40. The summed E-state index contributed by atoms with van der Waals surface area (Å²) in [5.74, 6) is -1.90. The number of aliphatic hydroxyl groups is 2. The molecule has 0 amide bonds. The average molecular weight is 515 g/mol. The predicted octanol–water partition coefficient (Wildman–Crippen LogP) is 3.65. The highest BCUT2D eigenvalue weighted by molar-refractivity contribution is 5.95. The van der Waals surface area contributed by atoms with Crippen LogP contribution in [0.15, 0.2) is 85.2 Å². The van der Waals surface area contributed by atoms with Gasteiger partial charge in [-0.2, -0.15) is 0 Å². The normalized spacial score (nSPS) is 26.4. The van der Waals surface area contributed by atoms with Crippen LogP contribution in [0.25, 0.3) is 11.1 Å². The van der Waals surface area contributed by atoms with Crippen molar-refractivity contribution in [1.82, 2.24) is 0 Å². The van der Waals surface area contributed by atoms with Gasteiger partial charge in [0.2, 0.25) is 0 Å². The van der Waals surface area contributed by atoms with Crippen molar-refractivity contribution in [1.29, 1.82) is 0 Å². The molecule has 0 saturated heterocycles. The lowest BCUT2D eigenvalue weighted by molar-refractivity contribution is -0.127. The lowest BCUT2D eigenvalue weighted by Gasteiger charge is -2.28. The lowest BCUT2D eigenvalue weighted by atomic mass is 9.91. The van der Waals surface area contributed by atoms with Crippen molar-refractivity contribution >= 4 is 28.3 Å². The number of ketones is 1. The Morgan fingerprint density at radius 3 is 1.82 bits per heavy atom. The van der Waals surface area contributed by atoms with Gasteiger partial charge in [0.25, 0.3) is 0 Å². The summed E-state index contributed by atoms with van der Waals surface area (Å²) < 4.78 is 10.5. The number of fused-ring (bicyclic) bond motifs is 2. The number of para-hydroxylation sites is 2. The summed E-state index contributed by atoms with van der Waals surface area (Å²) in [6.07, 6.45) is 9.16. The van der Waals surface area contributed by atoms with Crippen LogP contribution in [0.5, 0.6) is 0 Å².